The Balaban J connectivity index is 1.46. The number of fused-ring (bicyclic) bond motifs is 2. The van der Waals surface area contributed by atoms with Crippen LogP contribution in [0.2, 0.25) is 0 Å². The maximum Gasteiger partial charge on any atom is 0.573 e. The predicted octanol–water partition coefficient (Wildman–Crippen LogP) is 6.56. The van der Waals surface area contributed by atoms with Gasteiger partial charge in [-0.1, -0.05) is 12.1 Å². The van der Waals surface area contributed by atoms with Crippen molar-refractivity contribution in [1.29, 1.82) is 5.26 Å². The first-order valence-corrected chi connectivity index (χ1v) is 12.6. The number of ether oxygens (including phenoxy) is 1. The Labute approximate surface area is 222 Å². The second kappa shape index (κ2) is 10.9. The van der Waals surface area contributed by atoms with E-state index in [1.54, 1.807) is 12.1 Å². The van der Waals surface area contributed by atoms with Gasteiger partial charge in [-0.15, -0.1) is 13.2 Å². The molecular formula is C29H25F5N4O. The molecular weight excluding hydrogens is 515 g/mol. The number of likely N-dealkylation sites (tertiary alicyclic amines) is 1. The van der Waals surface area contributed by atoms with Gasteiger partial charge in [0.15, 0.2) is 6.19 Å². The lowest BCUT2D eigenvalue weighted by Gasteiger charge is -2.39. The number of nitriles is 1. The highest BCUT2D eigenvalue weighted by Crippen LogP contribution is 2.43. The van der Waals surface area contributed by atoms with Gasteiger partial charge < -0.3 is 9.64 Å². The highest BCUT2D eigenvalue weighted by Gasteiger charge is 2.35. The minimum Gasteiger partial charge on any atom is -0.406 e. The molecule has 0 spiro atoms. The number of benzene rings is 3. The van der Waals surface area contributed by atoms with Crippen LogP contribution in [0, 0.1) is 29.0 Å². The van der Waals surface area contributed by atoms with Gasteiger partial charge in [0.25, 0.3) is 0 Å². The Morgan fingerprint density at radius 3 is 2.13 bits per heavy atom. The fourth-order valence-electron chi connectivity index (χ4n) is 5.68. The first-order valence-electron chi connectivity index (χ1n) is 12.6. The standard InChI is InChI=1S/C29H25F5N4O/c30-21-5-11-25-18(14-21)3-4-19-15-22(31)6-12-26(19)27(25)20-2-1-13-38(16-20)28(36-17-35)37-23-7-9-24(10-8-23)39-29(32,33)34/h5-12,14-15,20,27H,1-4,13,16H2,(H,36,37). The van der Waals surface area contributed by atoms with Gasteiger partial charge in [0, 0.05) is 19.0 Å². The number of nitrogens with zero attached hydrogens (tertiary/aromatic N) is 3. The largest absolute Gasteiger partial charge is 0.573 e. The van der Waals surface area contributed by atoms with E-state index in [1.165, 1.54) is 24.3 Å². The molecule has 1 saturated heterocycles. The molecule has 0 aromatic heterocycles. The van der Waals surface area contributed by atoms with Gasteiger partial charge in [0.1, 0.15) is 17.4 Å². The summed E-state index contributed by atoms with van der Waals surface area (Å²) < 4.78 is 69.7. The van der Waals surface area contributed by atoms with E-state index in [1.807, 2.05) is 23.2 Å². The molecule has 5 rings (SSSR count). The lowest BCUT2D eigenvalue weighted by Crippen LogP contribution is -2.46. The van der Waals surface area contributed by atoms with Gasteiger partial charge in [-0.2, -0.15) is 5.26 Å². The molecule has 0 bridgehead atoms. The molecule has 1 aliphatic heterocycles. The van der Waals surface area contributed by atoms with Crippen molar-refractivity contribution in [2.45, 2.75) is 38.0 Å². The molecule has 0 radical (unpaired) electrons. The molecule has 3 aromatic rings. The zero-order chi connectivity index (χ0) is 27.6. The van der Waals surface area contributed by atoms with E-state index >= 15 is 0 Å². The molecule has 1 fully saturated rings. The monoisotopic (exact) mass is 540 g/mol. The van der Waals surface area contributed by atoms with E-state index in [4.69, 9.17) is 0 Å². The summed E-state index contributed by atoms with van der Waals surface area (Å²) in [5.74, 6) is -0.766. The van der Waals surface area contributed by atoms with E-state index in [2.05, 4.69) is 15.0 Å². The summed E-state index contributed by atoms with van der Waals surface area (Å²) in [5, 5.41) is 12.0. The summed E-state index contributed by atoms with van der Waals surface area (Å²) in [5.41, 5.74) is 4.18. The molecule has 39 heavy (non-hydrogen) atoms. The third-order valence-electron chi connectivity index (χ3n) is 7.25. The van der Waals surface area contributed by atoms with Crippen LogP contribution in [0.15, 0.2) is 65.7 Å². The van der Waals surface area contributed by atoms with Crippen LogP contribution in [0.25, 0.3) is 0 Å². The number of rotatable bonds is 3. The molecule has 5 nitrogen and oxygen atoms in total. The molecule has 0 saturated carbocycles. The van der Waals surface area contributed by atoms with Crippen molar-refractivity contribution in [2.24, 2.45) is 10.9 Å². The highest BCUT2D eigenvalue weighted by molar-refractivity contribution is 5.84. The van der Waals surface area contributed by atoms with Crippen molar-refractivity contribution in [3.8, 4) is 11.9 Å². The average molecular weight is 541 g/mol. The number of nitrogens with one attached hydrogen (secondary N) is 1. The van der Waals surface area contributed by atoms with Crippen LogP contribution >= 0.6 is 0 Å². The van der Waals surface area contributed by atoms with E-state index < -0.39 is 6.36 Å². The maximum atomic E-state index is 14.2. The molecule has 1 N–H and O–H groups in total. The van der Waals surface area contributed by atoms with Crippen LogP contribution in [-0.4, -0.2) is 30.3 Å². The fourth-order valence-corrected chi connectivity index (χ4v) is 5.68. The topological polar surface area (TPSA) is 60.6 Å². The zero-order valence-corrected chi connectivity index (χ0v) is 20.8. The molecule has 3 aromatic carbocycles. The van der Waals surface area contributed by atoms with E-state index in [9.17, 15) is 27.2 Å². The number of hydrogen-bond acceptors (Lipinski definition) is 3. The molecule has 1 aliphatic carbocycles. The van der Waals surface area contributed by atoms with Crippen molar-refractivity contribution in [2.75, 3.05) is 13.1 Å². The molecule has 0 amide bonds. The number of alkyl halides is 3. The maximum absolute atomic E-state index is 14.2. The van der Waals surface area contributed by atoms with Crippen molar-refractivity contribution in [3.63, 3.8) is 0 Å². The van der Waals surface area contributed by atoms with E-state index in [-0.39, 0.29) is 35.2 Å². The molecule has 202 valence electrons. The number of hydrogen-bond donors (Lipinski definition) is 1. The second-order valence-corrected chi connectivity index (χ2v) is 9.73. The number of aryl methyl sites for hydroxylation is 2. The summed E-state index contributed by atoms with van der Waals surface area (Å²) >= 11 is 0. The zero-order valence-electron chi connectivity index (χ0n) is 20.8. The van der Waals surface area contributed by atoms with Crippen molar-refractivity contribution < 1.29 is 26.7 Å². The molecule has 10 heteroatoms. The Hall–Kier alpha value is -4.13. The van der Waals surface area contributed by atoms with E-state index in [0.29, 0.717) is 31.6 Å². The molecule has 2 aliphatic rings. The summed E-state index contributed by atoms with van der Waals surface area (Å²) in [6.07, 6.45) is -0.0426. The van der Waals surface area contributed by atoms with Crippen LogP contribution in [0.5, 0.6) is 5.75 Å². The number of guanidine groups is 1. The quantitative estimate of drug-likeness (QED) is 0.134. The van der Waals surface area contributed by atoms with Gasteiger partial charge >= 0.3 is 6.36 Å². The minimum absolute atomic E-state index is 0.0542. The number of aliphatic imine (C=N–C) groups is 1. The minimum atomic E-state index is -4.80. The first-order chi connectivity index (χ1) is 18.7. The Morgan fingerprint density at radius 2 is 1.56 bits per heavy atom. The lowest BCUT2D eigenvalue weighted by atomic mass is 9.75. The summed E-state index contributed by atoms with van der Waals surface area (Å²) in [6.45, 7) is 1.12. The van der Waals surface area contributed by atoms with Crippen LogP contribution in [-0.2, 0) is 12.8 Å². The van der Waals surface area contributed by atoms with Gasteiger partial charge in [-0.05, 0) is 102 Å². The normalized spacial score (nSPS) is 18.0. The average Bonchev–Trinajstić information content (AvgIpc) is 3.05. The highest BCUT2D eigenvalue weighted by atomic mass is 19.4. The van der Waals surface area contributed by atoms with Crippen molar-refractivity contribution >= 4 is 11.6 Å². The van der Waals surface area contributed by atoms with Crippen molar-refractivity contribution in [1.82, 2.24) is 10.2 Å². The first kappa shape index (κ1) is 26.5. The predicted molar refractivity (Wildman–Crippen MR) is 135 cm³/mol. The Kier molecular flexibility index (Phi) is 7.42. The molecule has 1 atom stereocenters. The van der Waals surface area contributed by atoms with Crippen LogP contribution < -0.4 is 10.1 Å². The van der Waals surface area contributed by atoms with Gasteiger partial charge in [0.05, 0.1) is 5.69 Å². The molecule has 1 heterocycles. The Morgan fingerprint density at radius 1 is 0.949 bits per heavy atom. The SMILES string of the molecule is N#CNC(=Nc1ccc(OC(F)(F)F)cc1)N1CCCC(C2c3ccc(F)cc3CCc3cc(F)ccc32)C1. The van der Waals surface area contributed by atoms with Gasteiger partial charge in [-0.25, -0.2) is 13.8 Å². The van der Waals surface area contributed by atoms with Gasteiger partial charge in [-0.3, -0.25) is 5.32 Å². The van der Waals surface area contributed by atoms with Crippen LogP contribution in [0.1, 0.15) is 41.0 Å². The second-order valence-electron chi connectivity index (χ2n) is 9.73. The third-order valence-corrected chi connectivity index (χ3v) is 7.25. The van der Waals surface area contributed by atoms with Crippen LogP contribution in [0.3, 0.4) is 0 Å². The summed E-state index contributed by atoms with van der Waals surface area (Å²) in [6, 6.07) is 14.7. The van der Waals surface area contributed by atoms with E-state index in [0.717, 1.165) is 47.2 Å². The number of piperidine rings is 1. The van der Waals surface area contributed by atoms with Crippen LogP contribution in [0.4, 0.5) is 27.6 Å². The number of halogens is 5. The summed E-state index contributed by atoms with van der Waals surface area (Å²) in [4.78, 5) is 6.43. The van der Waals surface area contributed by atoms with Crippen molar-refractivity contribution in [3.05, 3.63) is 94.6 Å². The summed E-state index contributed by atoms with van der Waals surface area (Å²) in [7, 11) is 0. The molecule has 1 unspecified atom stereocenters. The Bertz CT molecular complexity index is 1360. The third kappa shape index (κ3) is 6.14. The fraction of sp³-hybridized carbons (Fsp3) is 0.310. The van der Waals surface area contributed by atoms with Gasteiger partial charge in [0.2, 0.25) is 5.96 Å². The smallest absolute Gasteiger partial charge is 0.406 e. The lowest BCUT2D eigenvalue weighted by molar-refractivity contribution is -0.274.